The third kappa shape index (κ3) is 2.05. The minimum atomic E-state index is 0.710. The fraction of sp³-hybridized carbons (Fsp3) is 0.143. The number of pyridine rings is 1. The van der Waals surface area contributed by atoms with Crippen LogP contribution in [0.2, 0.25) is 5.02 Å². The van der Waals surface area contributed by atoms with Gasteiger partial charge >= 0.3 is 0 Å². The second-order valence-corrected chi connectivity index (χ2v) is 5.68. The molecule has 0 unspecified atom stereocenters. The van der Waals surface area contributed by atoms with Crippen molar-refractivity contribution in [1.29, 1.82) is 0 Å². The van der Waals surface area contributed by atoms with Gasteiger partial charge in [-0.15, -0.1) is 0 Å². The van der Waals surface area contributed by atoms with Gasteiger partial charge in [0, 0.05) is 27.9 Å². The first-order chi connectivity index (χ1) is 9.08. The van der Waals surface area contributed by atoms with Crippen LogP contribution in [0.4, 0.5) is 0 Å². The number of aromatic nitrogens is 3. The molecule has 0 radical (unpaired) electrons. The standard InChI is InChI=1S/C14H11BrClN3/c1-8-5-12(19-4-3-17-7-19)10-6-11(15)13(16)9(2)14(10)18-8/h3-7H,1-2H3. The minimum absolute atomic E-state index is 0.710. The maximum absolute atomic E-state index is 6.28. The van der Waals surface area contributed by atoms with E-state index in [-0.39, 0.29) is 0 Å². The highest BCUT2D eigenvalue weighted by molar-refractivity contribution is 9.10. The molecule has 0 spiro atoms. The van der Waals surface area contributed by atoms with E-state index in [0.29, 0.717) is 5.02 Å². The van der Waals surface area contributed by atoms with Crippen LogP contribution < -0.4 is 0 Å². The molecule has 0 saturated heterocycles. The summed E-state index contributed by atoms with van der Waals surface area (Å²) in [5, 5.41) is 1.76. The van der Waals surface area contributed by atoms with Crippen molar-refractivity contribution in [3.05, 3.63) is 51.6 Å². The van der Waals surface area contributed by atoms with E-state index in [1.165, 1.54) is 0 Å². The van der Waals surface area contributed by atoms with Crippen molar-refractivity contribution in [3.8, 4) is 5.69 Å². The summed E-state index contributed by atoms with van der Waals surface area (Å²) in [5.74, 6) is 0. The van der Waals surface area contributed by atoms with Gasteiger partial charge in [0.15, 0.2) is 0 Å². The summed E-state index contributed by atoms with van der Waals surface area (Å²) < 4.78 is 2.86. The lowest BCUT2D eigenvalue weighted by Crippen LogP contribution is -1.97. The molecule has 0 aliphatic rings. The van der Waals surface area contributed by atoms with Crippen LogP contribution in [0.15, 0.2) is 35.3 Å². The molecule has 96 valence electrons. The van der Waals surface area contributed by atoms with E-state index in [0.717, 1.165) is 32.3 Å². The van der Waals surface area contributed by atoms with Crippen LogP contribution in [0.3, 0.4) is 0 Å². The highest BCUT2D eigenvalue weighted by Crippen LogP contribution is 2.34. The first kappa shape index (κ1) is 12.6. The summed E-state index contributed by atoms with van der Waals surface area (Å²) in [4.78, 5) is 8.71. The molecule has 0 fully saturated rings. The van der Waals surface area contributed by atoms with E-state index in [1.807, 2.05) is 36.7 Å². The number of fused-ring (bicyclic) bond motifs is 1. The number of benzene rings is 1. The van der Waals surface area contributed by atoms with Crippen molar-refractivity contribution in [2.45, 2.75) is 13.8 Å². The molecule has 0 N–H and O–H groups in total. The summed E-state index contributed by atoms with van der Waals surface area (Å²) in [6, 6.07) is 4.05. The average Bonchev–Trinajstić information content (AvgIpc) is 2.90. The minimum Gasteiger partial charge on any atom is -0.306 e. The largest absolute Gasteiger partial charge is 0.306 e. The van der Waals surface area contributed by atoms with Crippen molar-refractivity contribution in [3.63, 3.8) is 0 Å². The molecule has 5 heteroatoms. The van der Waals surface area contributed by atoms with E-state index in [9.17, 15) is 0 Å². The normalized spacial score (nSPS) is 11.2. The SMILES string of the molecule is Cc1cc(-n2ccnc2)c2cc(Br)c(Cl)c(C)c2n1. The van der Waals surface area contributed by atoms with E-state index in [1.54, 1.807) is 12.5 Å². The molecule has 0 amide bonds. The van der Waals surface area contributed by atoms with Crippen molar-refractivity contribution >= 4 is 38.4 Å². The van der Waals surface area contributed by atoms with E-state index in [2.05, 4.69) is 25.9 Å². The number of hydrogen-bond donors (Lipinski definition) is 0. The molecular weight excluding hydrogens is 326 g/mol. The average molecular weight is 337 g/mol. The van der Waals surface area contributed by atoms with Gasteiger partial charge in [0.05, 0.1) is 22.6 Å². The molecule has 0 aliphatic carbocycles. The molecule has 1 aromatic carbocycles. The molecule has 19 heavy (non-hydrogen) atoms. The first-order valence-electron chi connectivity index (χ1n) is 5.82. The van der Waals surface area contributed by atoms with Gasteiger partial charge in [0.1, 0.15) is 0 Å². The molecular formula is C14H11BrClN3. The van der Waals surface area contributed by atoms with Gasteiger partial charge in [0.2, 0.25) is 0 Å². The van der Waals surface area contributed by atoms with Gasteiger partial charge in [-0.3, -0.25) is 4.98 Å². The van der Waals surface area contributed by atoms with Gasteiger partial charge in [-0.05, 0) is 47.5 Å². The smallest absolute Gasteiger partial charge is 0.0991 e. The molecule has 2 aromatic heterocycles. The molecule has 0 saturated carbocycles. The van der Waals surface area contributed by atoms with Crippen LogP contribution in [0.5, 0.6) is 0 Å². The Morgan fingerprint density at radius 3 is 2.74 bits per heavy atom. The predicted octanol–water partition coefficient (Wildman–Crippen LogP) is 4.45. The second kappa shape index (κ2) is 4.62. The van der Waals surface area contributed by atoms with Gasteiger partial charge in [0.25, 0.3) is 0 Å². The van der Waals surface area contributed by atoms with Gasteiger partial charge in [-0.2, -0.15) is 0 Å². The van der Waals surface area contributed by atoms with Gasteiger partial charge in [-0.1, -0.05) is 11.6 Å². The van der Waals surface area contributed by atoms with E-state index in [4.69, 9.17) is 11.6 Å². The topological polar surface area (TPSA) is 30.7 Å². The maximum atomic E-state index is 6.28. The number of hydrogen-bond acceptors (Lipinski definition) is 2. The quantitative estimate of drug-likeness (QED) is 0.657. The van der Waals surface area contributed by atoms with Gasteiger partial charge in [-0.25, -0.2) is 4.98 Å². The van der Waals surface area contributed by atoms with Crippen LogP contribution in [0.1, 0.15) is 11.3 Å². The number of halogens is 2. The third-order valence-electron chi connectivity index (χ3n) is 3.11. The Morgan fingerprint density at radius 2 is 2.05 bits per heavy atom. The third-order valence-corrected chi connectivity index (χ3v) is 4.45. The van der Waals surface area contributed by atoms with E-state index >= 15 is 0 Å². The Kier molecular flexibility index (Phi) is 3.07. The zero-order valence-electron chi connectivity index (χ0n) is 10.5. The van der Waals surface area contributed by atoms with Crippen LogP contribution >= 0.6 is 27.5 Å². The Labute approximate surface area is 124 Å². The molecule has 0 aliphatic heterocycles. The molecule has 3 rings (SSSR count). The maximum Gasteiger partial charge on any atom is 0.0991 e. The zero-order chi connectivity index (χ0) is 13.6. The van der Waals surface area contributed by atoms with Crippen molar-refractivity contribution < 1.29 is 0 Å². The number of imidazole rings is 1. The Balaban J connectivity index is 2.46. The summed E-state index contributed by atoms with van der Waals surface area (Å²) in [5.41, 5.74) is 3.92. The fourth-order valence-corrected chi connectivity index (χ4v) is 2.85. The Hall–Kier alpha value is -1.39. The lowest BCUT2D eigenvalue weighted by molar-refractivity contribution is 1.05. The van der Waals surface area contributed by atoms with Crippen LogP contribution in [-0.2, 0) is 0 Å². The summed E-state index contributed by atoms with van der Waals surface area (Å²) >= 11 is 9.78. The van der Waals surface area contributed by atoms with Crippen LogP contribution in [0.25, 0.3) is 16.6 Å². The zero-order valence-corrected chi connectivity index (χ0v) is 12.8. The lowest BCUT2D eigenvalue weighted by Gasteiger charge is -2.12. The molecule has 0 atom stereocenters. The summed E-state index contributed by atoms with van der Waals surface area (Å²) in [6.07, 6.45) is 5.47. The molecule has 2 heterocycles. The van der Waals surface area contributed by atoms with Crippen LogP contribution in [0, 0.1) is 13.8 Å². The summed E-state index contributed by atoms with van der Waals surface area (Å²) in [6.45, 7) is 3.97. The second-order valence-electron chi connectivity index (χ2n) is 4.45. The Morgan fingerprint density at radius 1 is 1.26 bits per heavy atom. The van der Waals surface area contributed by atoms with E-state index < -0.39 is 0 Å². The van der Waals surface area contributed by atoms with Crippen molar-refractivity contribution in [1.82, 2.24) is 14.5 Å². The Bertz CT molecular complexity index is 766. The highest BCUT2D eigenvalue weighted by Gasteiger charge is 2.12. The number of aryl methyl sites for hydroxylation is 2. The molecule has 3 nitrogen and oxygen atoms in total. The van der Waals surface area contributed by atoms with Gasteiger partial charge < -0.3 is 4.57 Å². The predicted molar refractivity (Wildman–Crippen MR) is 81.0 cm³/mol. The number of nitrogens with zero attached hydrogens (tertiary/aromatic N) is 3. The van der Waals surface area contributed by atoms with Crippen LogP contribution in [-0.4, -0.2) is 14.5 Å². The van der Waals surface area contributed by atoms with Crippen molar-refractivity contribution in [2.75, 3.05) is 0 Å². The molecule has 3 aromatic rings. The number of rotatable bonds is 1. The fourth-order valence-electron chi connectivity index (χ4n) is 2.18. The monoisotopic (exact) mass is 335 g/mol. The first-order valence-corrected chi connectivity index (χ1v) is 6.99. The summed E-state index contributed by atoms with van der Waals surface area (Å²) in [7, 11) is 0. The van der Waals surface area contributed by atoms with Crippen molar-refractivity contribution in [2.24, 2.45) is 0 Å². The highest BCUT2D eigenvalue weighted by atomic mass is 79.9. The lowest BCUT2D eigenvalue weighted by atomic mass is 10.1. The molecule has 0 bridgehead atoms.